The van der Waals surface area contributed by atoms with Crippen LogP contribution in [0, 0.1) is 12.8 Å². The van der Waals surface area contributed by atoms with Crippen LogP contribution in [0.15, 0.2) is 18.5 Å². The van der Waals surface area contributed by atoms with Crippen LogP contribution in [0.5, 0.6) is 0 Å². The van der Waals surface area contributed by atoms with Crippen LogP contribution in [0.25, 0.3) is 0 Å². The molecule has 0 aromatic carbocycles. The molecular formula is C12H20N2. The fourth-order valence-corrected chi connectivity index (χ4v) is 1.42. The van der Waals surface area contributed by atoms with Crippen molar-refractivity contribution in [3.63, 3.8) is 0 Å². The molecule has 0 spiro atoms. The van der Waals surface area contributed by atoms with E-state index >= 15 is 0 Å². The molecular weight excluding hydrogens is 172 g/mol. The highest BCUT2D eigenvalue weighted by atomic mass is 14.6. The smallest absolute Gasteiger partial charge is 0.0300 e. The monoisotopic (exact) mass is 192 g/mol. The van der Waals surface area contributed by atoms with E-state index in [0.29, 0.717) is 12.0 Å². The Morgan fingerprint density at radius 1 is 1.36 bits per heavy atom. The minimum Gasteiger partial charge on any atom is -0.327 e. The van der Waals surface area contributed by atoms with Crippen LogP contribution in [0.2, 0.25) is 0 Å². The molecule has 0 bridgehead atoms. The van der Waals surface area contributed by atoms with Gasteiger partial charge in [-0.15, -0.1) is 0 Å². The van der Waals surface area contributed by atoms with Crippen LogP contribution in [-0.4, -0.2) is 11.0 Å². The standard InChI is InChI=1S/C12H20N2/c1-9(2)12(13)5-4-11-6-10(3)7-14-8-11/h6-9,12H,4-5,13H2,1-3H3. The summed E-state index contributed by atoms with van der Waals surface area (Å²) in [6.07, 6.45) is 5.89. The van der Waals surface area contributed by atoms with Crippen LogP contribution >= 0.6 is 0 Å². The lowest BCUT2D eigenvalue weighted by Crippen LogP contribution is -2.26. The first-order valence-electron chi connectivity index (χ1n) is 5.25. The highest BCUT2D eigenvalue weighted by Gasteiger charge is 2.07. The molecule has 0 aliphatic carbocycles. The van der Waals surface area contributed by atoms with Crippen LogP contribution in [-0.2, 0) is 6.42 Å². The normalized spacial score (nSPS) is 13.2. The SMILES string of the molecule is Cc1cncc(CCC(N)C(C)C)c1. The average molecular weight is 192 g/mol. The lowest BCUT2D eigenvalue weighted by molar-refractivity contribution is 0.464. The summed E-state index contributed by atoms with van der Waals surface area (Å²) in [6, 6.07) is 2.48. The molecule has 1 atom stereocenters. The first-order valence-corrected chi connectivity index (χ1v) is 5.25. The molecule has 1 unspecified atom stereocenters. The molecule has 1 rings (SSSR count). The number of pyridine rings is 1. The van der Waals surface area contributed by atoms with Crippen LogP contribution in [0.4, 0.5) is 0 Å². The highest BCUT2D eigenvalue weighted by molar-refractivity contribution is 5.16. The zero-order valence-electron chi connectivity index (χ0n) is 9.33. The van der Waals surface area contributed by atoms with Gasteiger partial charge in [0.25, 0.3) is 0 Å². The molecule has 2 nitrogen and oxygen atoms in total. The average Bonchev–Trinajstić information content (AvgIpc) is 2.14. The second-order valence-corrected chi connectivity index (χ2v) is 4.32. The predicted octanol–water partition coefficient (Wildman–Crippen LogP) is 2.31. The number of aryl methyl sites for hydroxylation is 2. The molecule has 0 saturated heterocycles. The van der Waals surface area contributed by atoms with E-state index in [0.717, 1.165) is 12.8 Å². The highest BCUT2D eigenvalue weighted by Crippen LogP contribution is 2.09. The van der Waals surface area contributed by atoms with E-state index in [1.54, 1.807) is 0 Å². The first-order chi connectivity index (χ1) is 6.59. The van der Waals surface area contributed by atoms with Gasteiger partial charge in [-0.2, -0.15) is 0 Å². The van der Waals surface area contributed by atoms with E-state index in [1.807, 2.05) is 12.4 Å². The Bertz CT molecular complexity index is 281. The number of hydrogen-bond donors (Lipinski definition) is 1. The minimum atomic E-state index is 0.301. The molecule has 0 aliphatic rings. The van der Waals surface area contributed by atoms with Gasteiger partial charge in [0.05, 0.1) is 0 Å². The van der Waals surface area contributed by atoms with Crippen molar-refractivity contribution in [1.82, 2.24) is 4.98 Å². The lowest BCUT2D eigenvalue weighted by atomic mass is 9.98. The van der Waals surface area contributed by atoms with Gasteiger partial charge in [-0.3, -0.25) is 4.98 Å². The Balaban J connectivity index is 2.45. The molecule has 0 saturated carbocycles. The van der Waals surface area contributed by atoms with Gasteiger partial charge in [-0.25, -0.2) is 0 Å². The Hall–Kier alpha value is -0.890. The van der Waals surface area contributed by atoms with Gasteiger partial charge in [-0.05, 0) is 36.8 Å². The molecule has 78 valence electrons. The summed E-state index contributed by atoms with van der Waals surface area (Å²) in [5.41, 5.74) is 8.50. The molecule has 2 heteroatoms. The maximum absolute atomic E-state index is 5.98. The minimum absolute atomic E-state index is 0.301. The molecule has 0 fully saturated rings. The quantitative estimate of drug-likeness (QED) is 0.795. The zero-order chi connectivity index (χ0) is 10.6. The van der Waals surface area contributed by atoms with Crippen molar-refractivity contribution >= 4 is 0 Å². The molecule has 14 heavy (non-hydrogen) atoms. The van der Waals surface area contributed by atoms with Gasteiger partial charge in [0.15, 0.2) is 0 Å². The maximum Gasteiger partial charge on any atom is 0.0300 e. The summed E-state index contributed by atoms with van der Waals surface area (Å²) < 4.78 is 0. The van der Waals surface area contributed by atoms with E-state index in [2.05, 4.69) is 31.8 Å². The molecule has 1 heterocycles. The van der Waals surface area contributed by atoms with Crippen molar-refractivity contribution in [3.8, 4) is 0 Å². The number of nitrogens with zero attached hydrogens (tertiary/aromatic N) is 1. The molecule has 2 N–H and O–H groups in total. The molecule has 1 aromatic heterocycles. The van der Waals surface area contributed by atoms with Gasteiger partial charge < -0.3 is 5.73 Å². The second-order valence-electron chi connectivity index (χ2n) is 4.32. The van der Waals surface area contributed by atoms with E-state index in [4.69, 9.17) is 5.73 Å². The fourth-order valence-electron chi connectivity index (χ4n) is 1.42. The van der Waals surface area contributed by atoms with Gasteiger partial charge in [0.1, 0.15) is 0 Å². The largest absolute Gasteiger partial charge is 0.327 e. The number of nitrogens with two attached hydrogens (primary N) is 1. The van der Waals surface area contributed by atoms with Crippen LogP contribution in [0.1, 0.15) is 31.4 Å². The number of hydrogen-bond acceptors (Lipinski definition) is 2. The molecule has 0 amide bonds. The maximum atomic E-state index is 5.98. The van der Waals surface area contributed by atoms with E-state index in [-0.39, 0.29) is 0 Å². The summed E-state index contributed by atoms with van der Waals surface area (Å²) in [5, 5.41) is 0. The molecule has 1 aromatic rings. The van der Waals surface area contributed by atoms with Crippen LogP contribution in [0.3, 0.4) is 0 Å². The Morgan fingerprint density at radius 2 is 2.07 bits per heavy atom. The third-order valence-electron chi connectivity index (χ3n) is 2.55. The zero-order valence-corrected chi connectivity index (χ0v) is 9.33. The van der Waals surface area contributed by atoms with Crippen molar-refractivity contribution in [2.75, 3.05) is 0 Å². The Labute approximate surface area is 86.5 Å². The number of aromatic nitrogens is 1. The summed E-state index contributed by atoms with van der Waals surface area (Å²) in [6.45, 7) is 6.40. The predicted molar refractivity (Wildman–Crippen MR) is 60.1 cm³/mol. The van der Waals surface area contributed by atoms with Crippen molar-refractivity contribution in [2.45, 2.75) is 39.7 Å². The summed E-state index contributed by atoms with van der Waals surface area (Å²) in [4.78, 5) is 4.17. The third kappa shape index (κ3) is 3.46. The number of rotatable bonds is 4. The van der Waals surface area contributed by atoms with E-state index < -0.39 is 0 Å². The lowest BCUT2D eigenvalue weighted by Gasteiger charge is -2.14. The van der Waals surface area contributed by atoms with Crippen molar-refractivity contribution in [3.05, 3.63) is 29.6 Å². The van der Waals surface area contributed by atoms with Gasteiger partial charge in [-0.1, -0.05) is 19.9 Å². The van der Waals surface area contributed by atoms with E-state index in [1.165, 1.54) is 11.1 Å². The fraction of sp³-hybridized carbons (Fsp3) is 0.583. The second kappa shape index (κ2) is 5.11. The van der Waals surface area contributed by atoms with Crippen molar-refractivity contribution in [1.29, 1.82) is 0 Å². The third-order valence-corrected chi connectivity index (χ3v) is 2.55. The summed E-state index contributed by atoms with van der Waals surface area (Å²) in [5.74, 6) is 0.563. The van der Waals surface area contributed by atoms with Crippen molar-refractivity contribution in [2.24, 2.45) is 11.7 Å². The molecule has 0 aliphatic heterocycles. The first kappa shape index (κ1) is 11.2. The Kier molecular flexibility index (Phi) is 4.08. The van der Waals surface area contributed by atoms with Gasteiger partial charge >= 0.3 is 0 Å². The van der Waals surface area contributed by atoms with Crippen LogP contribution < -0.4 is 5.73 Å². The summed E-state index contributed by atoms with van der Waals surface area (Å²) >= 11 is 0. The van der Waals surface area contributed by atoms with Crippen molar-refractivity contribution < 1.29 is 0 Å². The van der Waals surface area contributed by atoms with Gasteiger partial charge in [0, 0.05) is 18.4 Å². The summed E-state index contributed by atoms with van der Waals surface area (Å²) in [7, 11) is 0. The molecule has 0 radical (unpaired) electrons. The Morgan fingerprint density at radius 3 is 2.64 bits per heavy atom. The topological polar surface area (TPSA) is 38.9 Å². The van der Waals surface area contributed by atoms with E-state index in [9.17, 15) is 0 Å². The van der Waals surface area contributed by atoms with Gasteiger partial charge in [0.2, 0.25) is 0 Å².